The first-order chi connectivity index (χ1) is 13.4. The zero-order chi connectivity index (χ0) is 20.3. The Labute approximate surface area is 164 Å². The van der Waals surface area contributed by atoms with Gasteiger partial charge in [0.2, 0.25) is 0 Å². The highest BCUT2D eigenvalue weighted by Gasteiger charge is 2.16. The van der Waals surface area contributed by atoms with Gasteiger partial charge in [-0.15, -0.1) is 0 Å². The third kappa shape index (κ3) is 4.28. The van der Waals surface area contributed by atoms with Gasteiger partial charge >= 0.3 is 0 Å². The minimum atomic E-state index is -0.237. The number of para-hydroxylation sites is 1. The SMILES string of the molecule is Cc1ccccc1-n1ncc(C(=O)NCc2ccc(F)c(CN(C)C)c2)c1C. The van der Waals surface area contributed by atoms with Crippen molar-refractivity contribution in [3.63, 3.8) is 0 Å². The number of rotatable bonds is 6. The summed E-state index contributed by atoms with van der Waals surface area (Å²) < 4.78 is 15.7. The lowest BCUT2D eigenvalue weighted by molar-refractivity contribution is 0.0950. The van der Waals surface area contributed by atoms with E-state index in [9.17, 15) is 9.18 Å². The van der Waals surface area contributed by atoms with Crippen LogP contribution in [0.2, 0.25) is 0 Å². The molecule has 3 aromatic rings. The van der Waals surface area contributed by atoms with Crippen molar-refractivity contribution in [2.75, 3.05) is 14.1 Å². The van der Waals surface area contributed by atoms with E-state index >= 15 is 0 Å². The first kappa shape index (κ1) is 19.8. The molecule has 1 heterocycles. The molecule has 1 aromatic heterocycles. The largest absolute Gasteiger partial charge is 0.348 e. The molecule has 0 saturated carbocycles. The van der Waals surface area contributed by atoms with Crippen LogP contribution in [0, 0.1) is 19.7 Å². The molecule has 1 N–H and O–H groups in total. The molecule has 146 valence electrons. The van der Waals surface area contributed by atoms with E-state index in [4.69, 9.17) is 0 Å². The van der Waals surface area contributed by atoms with E-state index in [-0.39, 0.29) is 11.7 Å². The predicted octanol–water partition coefficient (Wildman–Crippen LogP) is 3.62. The van der Waals surface area contributed by atoms with Crippen LogP contribution in [-0.4, -0.2) is 34.7 Å². The Kier molecular flexibility index (Phi) is 5.90. The fourth-order valence-electron chi connectivity index (χ4n) is 3.15. The predicted molar refractivity (Wildman–Crippen MR) is 108 cm³/mol. The van der Waals surface area contributed by atoms with Crippen LogP contribution in [0.25, 0.3) is 5.69 Å². The second-order valence-corrected chi connectivity index (χ2v) is 7.19. The molecule has 1 amide bonds. The van der Waals surface area contributed by atoms with Crippen molar-refractivity contribution in [3.8, 4) is 5.69 Å². The summed E-state index contributed by atoms with van der Waals surface area (Å²) in [7, 11) is 3.78. The Morgan fingerprint density at radius 3 is 2.64 bits per heavy atom. The summed E-state index contributed by atoms with van der Waals surface area (Å²) in [5.74, 6) is -0.435. The molecule has 0 spiro atoms. The molecular formula is C22H25FN4O. The summed E-state index contributed by atoms with van der Waals surface area (Å²) >= 11 is 0. The molecule has 0 aliphatic rings. The summed E-state index contributed by atoms with van der Waals surface area (Å²) in [6, 6.07) is 12.8. The number of amides is 1. The Balaban J connectivity index is 1.74. The Hall–Kier alpha value is -2.99. The monoisotopic (exact) mass is 380 g/mol. The zero-order valence-electron chi connectivity index (χ0n) is 16.7. The van der Waals surface area contributed by atoms with E-state index < -0.39 is 0 Å². The normalized spacial score (nSPS) is 11.1. The maximum Gasteiger partial charge on any atom is 0.255 e. The van der Waals surface area contributed by atoms with Crippen molar-refractivity contribution in [2.24, 2.45) is 0 Å². The molecule has 0 saturated heterocycles. The Morgan fingerprint density at radius 2 is 1.93 bits per heavy atom. The smallest absolute Gasteiger partial charge is 0.255 e. The van der Waals surface area contributed by atoms with Gasteiger partial charge in [-0.1, -0.05) is 24.3 Å². The second kappa shape index (κ2) is 8.35. The summed E-state index contributed by atoms with van der Waals surface area (Å²) in [4.78, 5) is 14.6. The first-order valence-corrected chi connectivity index (χ1v) is 9.17. The molecule has 0 aliphatic heterocycles. The number of nitrogens with one attached hydrogen (secondary N) is 1. The minimum Gasteiger partial charge on any atom is -0.348 e. The number of halogens is 1. The third-order valence-electron chi connectivity index (χ3n) is 4.65. The number of hydrogen-bond donors (Lipinski definition) is 1. The average Bonchev–Trinajstić information content (AvgIpc) is 3.03. The van der Waals surface area contributed by atoms with Crippen LogP contribution in [0.3, 0.4) is 0 Å². The van der Waals surface area contributed by atoms with E-state index in [0.29, 0.717) is 24.2 Å². The van der Waals surface area contributed by atoms with Gasteiger partial charge in [0.1, 0.15) is 5.82 Å². The molecule has 28 heavy (non-hydrogen) atoms. The molecule has 0 fully saturated rings. The van der Waals surface area contributed by atoms with Gasteiger partial charge in [-0.25, -0.2) is 9.07 Å². The minimum absolute atomic E-state index is 0.198. The fourth-order valence-corrected chi connectivity index (χ4v) is 3.15. The topological polar surface area (TPSA) is 50.2 Å². The second-order valence-electron chi connectivity index (χ2n) is 7.19. The molecule has 0 unspecified atom stereocenters. The number of carbonyl (C=O) groups excluding carboxylic acids is 1. The molecule has 0 radical (unpaired) electrons. The van der Waals surface area contributed by atoms with Gasteiger partial charge in [0.05, 0.1) is 23.1 Å². The molecule has 0 aliphatic carbocycles. The third-order valence-corrected chi connectivity index (χ3v) is 4.65. The number of hydrogen-bond acceptors (Lipinski definition) is 3. The van der Waals surface area contributed by atoms with E-state index in [1.54, 1.807) is 23.0 Å². The fraction of sp³-hybridized carbons (Fsp3) is 0.273. The summed E-state index contributed by atoms with van der Waals surface area (Å²) in [5, 5.41) is 7.29. The first-order valence-electron chi connectivity index (χ1n) is 9.17. The summed E-state index contributed by atoms with van der Waals surface area (Å²) in [5.41, 5.74) is 4.81. The van der Waals surface area contributed by atoms with Crippen molar-refractivity contribution in [1.82, 2.24) is 20.0 Å². The van der Waals surface area contributed by atoms with Crippen LogP contribution in [-0.2, 0) is 13.1 Å². The van der Waals surface area contributed by atoms with Crippen molar-refractivity contribution >= 4 is 5.91 Å². The van der Waals surface area contributed by atoms with E-state index in [1.165, 1.54) is 6.07 Å². The van der Waals surface area contributed by atoms with Gasteiger partial charge in [0.25, 0.3) is 5.91 Å². The van der Waals surface area contributed by atoms with Gasteiger partial charge in [-0.05, 0) is 57.3 Å². The Bertz CT molecular complexity index is 994. The highest BCUT2D eigenvalue weighted by molar-refractivity contribution is 5.95. The number of nitrogens with zero attached hydrogens (tertiary/aromatic N) is 3. The maximum absolute atomic E-state index is 13.9. The molecule has 0 bridgehead atoms. The van der Waals surface area contributed by atoms with Gasteiger partial charge in [-0.3, -0.25) is 4.79 Å². The molecule has 5 nitrogen and oxygen atoms in total. The quantitative estimate of drug-likeness (QED) is 0.711. The average molecular weight is 380 g/mol. The lowest BCUT2D eigenvalue weighted by Gasteiger charge is -2.12. The van der Waals surface area contributed by atoms with Crippen LogP contribution in [0.15, 0.2) is 48.7 Å². The van der Waals surface area contributed by atoms with Crippen LogP contribution >= 0.6 is 0 Å². The van der Waals surface area contributed by atoms with Crippen LogP contribution < -0.4 is 5.32 Å². The van der Waals surface area contributed by atoms with E-state index in [2.05, 4.69) is 10.4 Å². The highest BCUT2D eigenvalue weighted by Crippen LogP contribution is 2.18. The molecule has 0 atom stereocenters. The van der Waals surface area contributed by atoms with Crippen LogP contribution in [0.4, 0.5) is 4.39 Å². The number of aromatic nitrogens is 2. The number of benzene rings is 2. The molecule has 6 heteroatoms. The van der Waals surface area contributed by atoms with Gasteiger partial charge in [-0.2, -0.15) is 5.10 Å². The van der Waals surface area contributed by atoms with Crippen molar-refractivity contribution in [3.05, 3.63) is 82.4 Å². The highest BCUT2D eigenvalue weighted by atomic mass is 19.1. The van der Waals surface area contributed by atoms with Gasteiger partial charge < -0.3 is 10.2 Å². The molecular weight excluding hydrogens is 355 g/mol. The van der Waals surface area contributed by atoms with Crippen molar-refractivity contribution in [1.29, 1.82) is 0 Å². The zero-order valence-corrected chi connectivity index (χ0v) is 16.7. The maximum atomic E-state index is 13.9. The molecule has 3 rings (SSSR count). The van der Waals surface area contributed by atoms with Gasteiger partial charge in [0.15, 0.2) is 0 Å². The number of carbonyl (C=O) groups is 1. The van der Waals surface area contributed by atoms with Crippen LogP contribution in [0.5, 0.6) is 0 Å². The number of aryl methyl sites for hydroxylation is 1. The lowest BCUT2D eigenvalue weighted by Crippen LogP contribution is -2.23. The molecule has 2 aromatic carbocycles. The summed E-state index contributed by atoms with van der Waals surface area (Å²) in [6.07, 6.45) is 1.58. The van der Waals surface area contributed by atoms with E-state index in [0.717, 1.165) is 22.5 Å². The van der Waals surface area contributed by atoms with Crippen molar-refractivity contribution in [2.45, 2.75) is 26.9 Å². The lowest BCUT2D eigenvalue weighted by atomic mass is 10.1. The standard InChI is InChI=1S/C22H25FN4O/c1-15-7-5-6-8-21(15)27-16(2)19(13-25-27)22(28)24-12-17-9-10-20(23)18(11-17)14-26(3)4/h5-11,13H,12,14H2,1-4H3,(H,24,28). The summed E-state index contributed by atoms with van der Waals surface area (Å²) in [6.45, 7) is 4.72. The van der Waals surface area contributed by atoms with Crippen LogP contribution in [0.1, 0.15) is 32.7 Å². The van der Waals surface area contributed by atoms with Gasteiger partial charge in [0, 0.05) is 18.7 Å². The Morgan fingerprint density at radius 1 is 1.18 bits per heavy atom. The van der Waals surface area contributed by atoms with Crippen molar-refractivity contribution < 1.29 is 9.18 Å². The van der Waals surface area contributed by atoms with E-state index in [1.807, 2.05) is 57.1 Å².